The van der Waals surface area contributed by atoms with E-state index in [9.17, 15) is 59.9 Å². The maximum atomic E-state index is 14.1. The van der Waals surface area contributed by atoms with E-state index in [0.29, 0.717) is 52.1 Å². The lowest BCUT2D eigenvalue weighted by atomic mass is 10.0. The molecule has 0 bridgehead atoms. The van der Waals surface area contributed by atoms with Crippen LogP contribution in [0.15, 0.2) is 58.5 Å². The second-order valence-corrected chi connectivity index (χ2v) is 14.4. The monoisotopic (exact) mass is 852 g/mol. The number of fused-ring (bicyclic) bond motifs is 7. The van der Waals surface area contributed by atoms with Gasteiger partial charge >= 0.3 is 11.9 Å². The molecule has 3 aromatic carbocycles. The summed E-state index contributed by atoms with van der Waals surface area (Å²) in [5.41, 5.74) is -3.61. The Kier molecular flexibility index (Phi) is 10.9. The number of nitrogens with zero attached hydrogens (tertiary/aromatic N) is 8. The lowest BCUT2D eigenvalue weighted by molar-refractivity contribution is -0.395. The molecule has 0 unspecified atom stereocenters. The third-order valence-electron chi connectivity index (χ3n) is 10.2. The number of non-ortho nitro benzene ring substituents is 2. The number of phenols is 1. The van der Waals surface area contributed by atoms with E-state index >= 15 is 0 Å². The fourth-order valence-electron chi connectivity index (χ4n) is 7.27. The van der Waals surface area contributed by atoms with Crippen LogP contribution in [0, 0.1) is 40.5 Å². The van der Waals surface area contributed by atoms with E-state index in [1.54, 1.807) is 19.1 Å². The molecule has 23 nitrogen and oxygen atoms in total. The van der Waals surface area contributed by atoms with Crippen LogP contribution in [0.5, 0.6) is 5.75 Å². The van der Waals surface area contributed by atoms with Crippen LogP contribution < -0.4 is 5.56 Å². The average molecular weight is 853 g/mol. The van der Waals surface area contributed by atoms with Gasteiger partial charge in [-0.3, -0.25) is 50.0 Å². The van der Waals surface area contributed by atoms with Crippen molar-refractivity contribution >= 4 is 51.3 Å². The Morgan fingerprint density at radius 1 is 0.871 bits per heavy atom. The number of carbonyl (C=O) groups is 2. The SMILES string of the molecule is CCC(=O)OCc1c(COC(=O)[C@@H](C)ON=C2c3cc([N+](=O)[O-])cc([N+](=O)[O-])c3-c3c2cc([N+](=O)[O-])cc3[N+](=O)[O-])cc2n(c1=O)Cc1cc3c(CN(C)C)c(O)ccc3nc1-2. The molecule has 1 aliphatic heterocycles. The number of esters is 2. The minimum Gasteiger partial charge on any atom is -0.508 e. The van der Waals surface area contributed by atoms with E-state index in [1.165, 1.54) is 17.6 Å². The largest absolute Gasteiger partial charge is 0.508 e. The van der Waals surface area contributed by atoms with Gasteiger partial charge in [0.1, 0.15) is 24.7 Å². The summed E-state index contributed by atoms with van der Waals surface area (Å²) < 4.78 is 12.3. The molecule has 5 aromatic rings. The van der Waals surface area contributed by atoms with Gasteiger partial charge in [-0.25, -0.2) is 9.78 Å². The molecule has 1 aliphatic carbocycles. The lowest BCUT2D eigenvalue weighted by Gasteiger charge is -2.15. The maximum absolute atomic E-state index is 14.1. The first-order valence-corrected chi connectivity index (χ1v) is 18.5. The number of benzene rings is 3. The van der Waals surface area contributed by atoms with Crippen molar-refractivity contribution in [2.24, 2.45) is 5.16 Å². The van der Waals surface area contributed by atoms with Crippen molar-refractivity contribution in [3.8, 4) is 28.3 Å². The third-order valence-corrected chi connectivity index (χ3v) is 10.2. The van der Waals surface area contributed by atoms with Gasteiger partial charge in [0.05, 0.1) is 72.0 Å². The molecule has 23 heteroatoms. The van der Waals surface area contributed by atoms with Gasteiger partial charge in [-0.2, -0.15) is 0 Å². The van der Waals surface area contributed by atoms with Gasteiger partial charge in [0, 0.05) is 58.3 Å². The molecule has 0 saturated carbocycles. The number of aromatic hydroxyl groups is 1. The van der Waals surface area contributed by atoms with Crippen LogP contribution >= 0.6 is 0 Å². The fraction of sp³-hybridized carbons (Fsp3) is 0.256. The Bertz CT molecular complexity index is 2840. The number of hydrogen-bond donors (Lipinski definition) is 1. The Labute approximate surface area is 347 Å². The predicted octanol–water partition coefficient (Wildman–Crippen LogP) is 5.16. The number of phenolic OH excluding ortho intramolecular Hbond substituents is 1. The molecule has 3 heterocycles. The van der Waals surface area contributed by atoms with Crippen molar-refractivity contribution in [1.82, 2.24) is 14.5 Å². The Hall–Kier alpha value is -8.21. The van der Waals surface area contributed by atoms with Crippen molar-refractivity contribution in [1.29, 1.82) is 0 Å². The summed E-state index contributed by atoms with van der Waals surface area (Å²) in [6.45, 7) is 2.19. The van der Waals surface area contributed by atoms with Gasteiger partial charge < -0.3 is 28.9 Å². The number of nitro benzene ring substituents is 4. The number of carbonyl (C=O) groups excluding carboxylic acids is 2. The zero-order chi connectivity index (χ0) is 44.9. The number of hydrogen-bond acceptors (Lipinski definition) is 18. The molecule has 0 radical (unpaired) electrons. The Morgan fingerprint density at radius 2 is 1.48 bits per heavy atom. The second-order valence-electron chi connectivity index (χ2n) is 14.4. The number of rotatable bonds is 14. The Balaban J connectivity index is 1.23. The summed E-state index contributed by atoms with van der Waals surface area (Å²) in [5, 5.41) is 63.0. The first-order valence-electron chi connectivity index (χ1n) is 18.5. The molecular weight excluding hydrogens is 820 g/mol. The highest BCUT2D eigenvalue weighted by Gasteiger charge is 2.42. The first kappa shape index (κ1) is 41.9. The molecule has 2 aliphatic rings. The minimum absolute atomic E-state index is 0.00830. The van der Waals surface area contributed by atoms with Gasteiger partial charge in [-0.05, 0) is 45.3 Å². The number of oxime groups is 1. The van der Waals surface area contributed by atoms with E-state index in [0.717, 1.165) is 12.1 Å². The highest BCUT2D eigenvalue weighted by molar-refractivity contribution is 6.27. The number of aromatic nitrogens is 2. The molecule has 0 amide bonds. The molecule has 2 aromatic heterocycles. The molecule has 62 heavy (non-hydrogen) atoms. The molecular formula is C39H32N8O15. The highest BCUT2D eigenvalue weighted by Crippen LogP contribution is 2.50. The van der Waals surface area contributed by atoms with Gasteiger partial charge in [0.25, 0.3) is 28.3 Å². The van der Waals surface area contributed by atoms with Crippen LogP contribution in [0.2, 0.25) is 0 Å². The van der Waals surface area contributed by atoms with E-state index < -0.39 is 107 Å². The highest BCUT2D eigenvalue weighted by atomic mass is 16.7. The van der Waals surface area contributed by atoms with E-state index in [2.05, 4.69) is 5.16 Å². The summed E-state index contributed by atoms with van der Waals surface area (Å²) in [6, 6.07) is 9.37. The van der Waals surface area contributed by atoms with Gasteiger partial charge in [0.2, 0.25) is 6.10 Å². The number of ether oxygens (including phenoxy) is 2. The van der Waals surface area contributed by atoms with Crippen LogP contribution in [0.4, 0.5) is 22.7 Å². The summed E-state index contributed by atoms with van der Waals surface area (Å²) in [4.78, 5) is 95.6. The standard InChI is InChI=1S/C39H32N8O15/c1-5-33(49)60-17-27-20(9-31-36-19(14-43(31)38(27)50)8-23-26(15-42(3)4)32(48)7-6-28(23)40-36)16-61-39(51)18(2)62-41-37-24-10-21(44(52)53)12-29(46(56)57)34(24)35-25(37)11-22(45(54)55)13-30(35)47(58)59/h6-13,18,48H,5,14-17H2,1-4H3/t18-/m1/s1. The maximum Gasteiger partial charge on any atom is 0.350 e. The topological polar surface area (TPSA) is 305 Å². The quantitative estimate of drug-likeness (QED) is 0.0839. The van der Waals surface area contributed by atoms with Gasteiger partial charge in [-0.15, -0.1) is 0 Å². The second kappa shape index (κ2) is 16.1. The van der Waals surface area contributed by atoms with Crippen molar-refractivity contribution in [2.75, 3.05) is 14.1 Å². The van der Waals surface area contributed by atoms with E-state index in [-0.39, 0.29) is 29.8 Å². The molecule has 7 rings (SSSR count). The fourth-order valence-corrected chi connectivity index (χ4v) is 7.27. The van der Waals surface area contributed by atoms with Crippen molar-refractivity contribution in [3.63, 3.8) is 0 Å². The van der Waals surface area contributed by atoms with Crippen LogP contribution in [-0.2, 0) is 50.2 Å². The lowest BCUT2D eigenvalue weighted by Crippen LogP contribution is -2.27. The number of pyridine rings is 2. The first-order chi connectivity index (χ1) is 29.4. The average Bonchev–Trinajstić information content (AvgIpc) is 3.75. The zero-order valence-corrected chi connectivity index (χ0v) is 33.0. The smallest absolute Gasteiger partial charge is 0.350 e. The van der Waals surface area contributed by atoms with Gasteiger partial charge in [0.15, 0.2) is 0 Å². The number of nitro groups is 4. The van der Waals surface area contributed by atoms with Crippen LogP contribution in [0.25, 0.3) is 33.4 Å². The predicted molar refractivity (Wildman–Crippen MR) is 214 cm³/mol. The molecule has 1 N–H and O–H groups in total. The molecule has 318 valence electrons. The van der Waals surface area contributed by atoms with E-state index in [1.807, 2.05) is 25.1 Å². The van der Waals surface area contributed by atoms with Crippen LogP contribution in [0.3, 0.4) is 0 Å². The zero-order valence-electron chi connectivity index (χ0n) is 33.0. The Morgan fingerprint density at radius 3 is 2.03 bits per heavy atom. The third kappa shape index (κ3) is 7.46. The molecule has 1 atom stereocenters. The minimum atomic E-state index is -1.63. The van der Waals surface area contributed by atoms with Crippen molar-refractivity contribution < 1.29 is 48.7 Å². The normalized spacial score (nSPS) is 12.6. The van der Waals surface area contributed by atoms with Crippen molar-refractivity contribution in [2.45, 2.75) is 52.7 Å². The summed E-state index contributed by atoms with van der Waals surface area (Å²) in [5.74, 6) is -1.63. The van der Waals surface area contributed by atoms with Gasteiger partial charge in [-0.1, -0.05) is 12.1 Å². The molecule has 0 spiro atoms. The summed E-state index contributed by atoms with van der Waals surface area (Å²) in [6.07, 6.45) is -1.62. The molecule has 0 saturated heterocycles. The summed E-state index contributed by atoms with van der Waals surface area (Å²) >= 11 is 0. The van der Waals surface area contributed by atoms with Crippen LogP contribution in [0.1, 0.15) is 53.6 Å². The van der Waals surface area contributed by atoms with E-state index in [4.69, 9.17) is 19.3 Å². The molecule has 0 fully saturated rings. The summed E-state index contributed by atoms with van der Waals surface area (Å²) in [7, 11) is 3.70. The van der Waals surface area contributed by atoms with Crippen molar-refractivity contribution in [3.05, 3.63) is 133 Å². The van der Waals surface area contributed by atoms with Crippen LogP contribution in [-0.4, -0.2) is 77.1 Å².